The lowest BCUT2D eigenvalue weighted by Gasteiger charge is -1.94. The SMILES string of the molecule is [2H]C(=C=CCCc1ccccc1)C=C(C)C. The molecule has 0 heterocycles. The molecular weight excluding hydrogens is 180 g/mol. The lowest BCUT2D eigenvalue weighted by molar-refractivity contribution is 1.00. The summed E-state index contributed by atoms with van der Waals surface area (Å²) in [7, 11) is 0. The van der Waals surface area contributed by atoms with Gasteiger partial charge in [0.25, 0.3) is 0 Å². The maximum absolute atomic E-state index is 7.58. The molecular formula is C15H18. The predicted octanol–water partition coefficient (Wildman–Crippen LogP) is 4.30. The van der Waals surface area contributed by atoms with E-state index in [0.29, 0.717) is 6.05 Å². The normalized spacial score (nSPS) is 9.87. The molecule has 0 aromatic heterocycles. The average Bonchev–Trinajstić information content (AvgIpc) is 2.25. The first-order valence-corrected chi connectivity index (χ1v) is 5.29. The van der Waals surface area contributed by atoms with E-state index < -0.39 is 0 Å². The molecule has 15 heavy (non-hydrogen) atoms. The zero-order valence-electron chi connectivity index (χ0n) is 10.5. The van der Waals surface area contributed by atoms with E-state index in [0.717, 1.165) is 18.4 Å². The summed E-state index contributed by atoms with van der Waals surface area (Å²) in [6.07, 6.45) is 5.70. The molecule has 0 saturated heterocycles. The highest BCUT2D eigenvalue weighted by Crippen LogP contribution is 2.02. The molecule has 1 aromatic rings. The molecule has 1 aromatic carbocycles. The summed E-state index contributed by atoms with van der Waals surface area (Å²) in [5, 5.41) is 0. The van der Waals surface area contributed by atoms with Gasteiger partial charge in [0.1, 0.15) is 0 Å². The van der Waals surface area contributed by atoms with Crippen molar-refractivity contribution in [1.82, 2.24) is 0 Å². The van der Waals surface area contributed by atoms with Gasteiger partial charge in [0, 0.05) is 0 Å². The van der Waals surface area contributed by atoms with Crippen LogP contribution in [-0.4, -0.2) is 0 Å². The lowest BCUT2D eigenvalue weighted by Crippen LogP contribution is -1.80. The van der Waals surface area contributed by atoms with Gasteiger partial charge in [0.15, 0.2) is 0 Å². The Bertz CT molecular complexity index is 402. The molecule has 0 heteroatoms. The van der Waals surface area contributed by atoms with Crippen molar-refractivity contribution in [3.63, 3.8) is 0 Å². The Balaban J connectivity index is 2.47. The van der Waals surface area contributed by atoms with Gasteiger partial charge in [-0.3, -0.25) is 0 Å². The number of aryl methyl sites for hydroxylation is 1. The fourth-order valence-electron chi connectivity index (χ4n) is 1.20. The Hall–Kier alpha value is -1.52. The second-order valence-electron chi connectivity index (χ2n) is 3.74. The van der Waals surface area contributed by atoms with Gasteiger partial charge < -0.3 is 0 Å². The van der Waals surface area contributed by atoms with Gasteiger partial charge >= 0.3 is 0 Å². The van der Waals surface area contributed by atoms with Crippen molar-refractivity contribution in [2.24, 2.45) is 0 Å². The van der Waals surface area contributed by atoms with Crippen molar-refractivity contribution in [3.8, 4) is 0 Å². The first-order valence-electron chi connectivity index (χ1n) is 5.79. The summed E-state index contributed by atoms with van der Waals surface area (Å²) in [4.78, 5) is 0. The summed E-state index contributed by atoms with van der Waals surface area (Å²) in [5.41, 5.74) is 5.43. The first-order chi connectivity index (χ1) is 7.68. The van der Waals surface area contributed by atoms with E-state index >= 15 is 0 Å². The fraction of sp³-hybridized carbons (Fsp3) is 0.267. The van der Waals surface area contributed by atoms with E-state index in [-0.39, 0.29) is 0 Å². The summed E-state index contributed by atoms with van der Waals surface area (Å²) in [5.74, 6) is 0. The number of hydrogen-bond donors (Lipinski definition) is 0. The quantitative estimate of drug-likeness (QED) is 0.501. The summed E-state index contributed by atoms with van der Waals surface area (Å²) in [6.45, 7) is 3.97. The monoisotopic (exact) mass is 199 g/mol. The smallest absolute Gasteiger partial charge is 0.0713 e. The Labute approximate surface area is 94.1 Å². The van der Waals surface area contributed by atoms with Gasteiger partial charge in [-0.25, -0.2) is 0 Å². The third kappa shape index (κ3) is 5.72. The van der Waals surface area contributed by atoms with E-state index in [1.807, 2.05) is 44.2 Å². The molecule has 1 rings (SSSR count). The van der Waals surface area contributed by atoms with Crippen LogP contribution in [0.3, 0.4) is 0 Å². The second kappa shape index (κ2) is 6.86. The Morgan fingerprint density at radius 2 is 2.07 bits per heavy atom. The van der Waals surface area contributed by atoms with Crippen LogP contribution in [0.1, 0.15) is 27.2 Å². The minimum atomic E-state index is 0.452. The summed E-state index contributed by atoms with van der Waals surface area (Å²) < 4.78 is 7.58. The Morgan fingerprint density at radius 3 is 2.73 bits per heavy atom. The predicted molar refractivity (Wildman–Crippen MR) is 66.8 cm³/mol. The Kier molecular flexibility index (Phi) is 4.58. The van der Waals surface area contributed by atoms with Gasteiger partial charge in [-0.1, -0.05) is 42.0 Å². The molecule has 0 amide bonds. The van der Waals surface area contributed by atoms with Crippen LogP contribution < -0.4 is 0 Å². The zero-order chi connectivity index (χ0) is 11.8. The van der Waals surface area contributed by atoms with E-state index in [2.05, 4.69) is 17.9 Å². The molecule has 0 radical (unpaired) electrons. The largest absolute Gasteiger partial charge is 0.125 e. The van der Waals surface area contributed by atoms with E-state index in [1.165, 1.54) is 5.56 Å². The van der Waals surface area contributed by atoms with E-state index in [9.17, 15) is 0 Å². The molecule has 0 unspecified atom stereocenters. The molecule has 0 bridgehead atoms. The van der Waals surface area contributed by atoms with Gasteiger partial charge in [0.05, 0.1) is 1.37 Å². The number of allylic oxidation sites excluding steroid dienone is 3. The molecule has 0 aliphatic heterocycles. The van der Waals surface area contributed by atoms with Crippen LogP contribution in [0, 0.1) is 0 Å². The number of hydrogen-bond acceptors (Lipinski definition) is 0. The minimum absolute atomic E-state index is 0.452. The topological polar surface area (TPSA) is 0 Å². The molecule has 0 atom stereocenters. The molecule has 0 N–H and O–H groups in total. The summed E-state index contributed by atoms with van der Waals surface area (Å²) in [6, 6.07) is 10.8. The molecule has 0 aliphatic rings. The number of rotatable bonds is 4. The minimum Gasteiger partial charge on any atom is -0.125 e. The van der Waals surface area contributed by atoms with Gasteiger partial charge in [-0.05, 0) is 44.4 Å². The third-order valence-electron chi connectivity index (χ3n) is 1.97. The molecule has 0 nitrogen and oxygen atoms in total. The maximum Gasteiger partial charge on any atom is 0.0713 e. The van der Waals surface area contributed by atoms with Gasteiger partial charge in [0.2, 0.25) is 0 Å². The van der Waals surface area contributed by atoms with Crippen LogP contribution in [0.15, 0.2) is 59.8 Å². The van der Waals surface area contributed by atoms with E-state index in [4.69, 9.17) is 1.37 Å². The molecule has 0 saturated carbocycles. The van der Waals surface area contributed by atoms with Crippen LogP contribution >= 0.6 is 0 Å². The van der Waals surface area contributed by atoms with Crippen LogP contribution in [0.5, 0.6) is 0 Å². The van der Waals surface area contributed by atoms with Crippen molar-refractivity contribution in [2.75, 3.05) is 0 Å². The second-order valence-corrected chi connectivity index (χ2v) is 3.74. The van der Waals surface area contributed by atoms with E-state index in [1.54, 1.807) is 0 Å². The maximum atomic E-state index is 7.58. The van der Waals surface area contributed by atoms with Crippen molar-refractivity contribution < 1.29 is 1.37 Å². The van der Waals surface area contributed by atoms with Crippen LogP contribution in [0.25, 0.3) is 0 Å². The number of benzene rings is 1. The first kappa shape index (κ1) is 10.0. The lowest BCUT2D eigenvalue weighted by atomic mass is 10.1. The summed E-state index contributed by atoms with van der Waals surface area (Å²) >= 11 is 0. The van der Waals surface area contributed by atoms with Crippen LogP contribution in [0.4, 0.5) is 0 Å². The Morgan fingerprint density at radius 1 is 1.33 bits per heavy atom. The molecule has 78 valence electrons. The van der Waals surface area contributed by atoms with Crippen LogP contribution in [0.2, 0.25) is 0 Å². The zero-order valence-corrected chi connectivity index (χ0v) is 9.46. The fourth-order valence-corrected chi connectivity index (χ4v) is 1.20. The van der Waals surface area contributed by atoms with Crippen molar-refractivity contribution in [3.05, 3.63) is 65.4 Å². The highest BCUT2D eigenvalue weighted by atomic mass is 13.9. The van der Waals surface area contributed by atoms with Crippen molar-refractivity contribution >= 4 is 0 Å². The van der Waals surface area contributed by atoms with Gasteiger partial charge in [-0.15, -0.1) is 5.73 Å². The standard InChI is InChI=1S/C15H18/c1-14(2)10-6-3-4-7-11-15-12-8-5-9-13-15/h4-6,8-10,12-13H,7,11H2,1-2H3/i6D. The van der Waals surface area contributed by atoms with Crippen molar-refractivity contribution in [1.29, 1.82) is 0 Å². The average molecular weight is 199 g/mol. The van der Waals surface area contributed by atoms with Crippen LogP contribution in [-0.2, 0) is 6.42 Å². The van der Waals surface area contributed by atoms with Crippen molar-refractivity contribution in [2.45, 2.75) is 26.7 Å². The molecule has 0 fully saturated rings. The molecule has 0 aliphatic carbocycles. The third-order valence-corrected chi connectivity index (χ3v) is 1.97. The molecule has 0 spiro atoms. The highest BCUT2D eigenvalue weighted by molar-refractivity contribution is 5.15. The highest BCUT2D eigenvalue weighted by Gasteiger charge is 1.86. The van der Waals surface area contributed by atoms with Gasteiger partial charge in [-0.2, -0.15) is 0 Å².